The lowest BCUT2D eigenvalue weighted by atomic mass is 10.0. The Labute approximate surface area is 145 Å². The van der Waals surface area contributed by atoms with Gasteiger partial charge in [-0.3, -0.25) is 4.79 Å². The molecule has 2 aromatic carbocycles. The number of benzene rings is 2. The smallest absolute Gasteiger partial charge is 0.302 e. The molecule has 0 spiro atoms. The van der Waals surface area contributed by atoms with E-state index in [0.717, 1.165) is 24.0 Å². The summed E-state index contributed by atoms with van der Waals surface area (Å²) in [5.41, 5.74) is 4.83. The predicted octanol–water partition coefficient (Wildman–Crippen LogP) is 5.22. The van der Waals surface area contributed by atoms with Crippen LogP contribution in [0.25, 0.3) is 6.08 Å². The van der Waals surface area contributed by atoms with Gasteiger partial charge in [-0.25, -0.2) is 0 Å². The molecule has 0 aromatic heterocycles. The van der Waals surface area contributed by atoms with E-state index in [-0.39, 0.29) is 5.97 Å². The summed E-state index contributed by atoms with van der Waals surface area (Å²) in [7, 11) is 0. The molecule has 0 radical (unpaired) electrons. The van der Waals surface area contributed by atoms with E-state index in [2.05, 4.69) is 49.4 Å². The van der Waals surface area contributed by atoms with Gasteiger partial charge in [-0.15, -0.1) is 0 Å². The van der Waals surface area contributed by atoms with Gasteiger partial charge in [-0.2, -0.15) is 0 Å². The fourth-order valence-electron chi connectivity index (χ4n) is 2.59. The van der Waals surface area contributed by atoms with Gasteiger partial charge in [-0.1, -0.05) is 74.0 Å². The zero-order valence-corrected chi connectivity index (χ0v) is 14.6. The normalized spacial score (nSPS) is 11.3. The van der Waals surface area contributed by atoms with E-state index in [1.54, 1.807) is 0 Å². The average Bonchev–Trinajstić information content (AvgIpc) is 2.60. The topological polar surface area (TPSA) is 26.3 Å². The van der Waals surface area contributed by atoms with E-state index < -0.39 is 0 Å². The second-order valence-electron chi connectivity index (χ2n) is 6.09. The first-order valence-corrected chi connectivity index (χ1v) is 8.63. The van der Waals surface area contributed by atoms with E-state index in [0.29, 0.717) is 6.61 Å². The van der Waals surface area contributed by atoms with Crippen LogP contribution in [0.1, 0.15) is 43.4 Å². The minimum atomic E-state index is -0.246. The molecular weight excluding hydrogens is 296 g/mol. The molecule has 0 aliphatic heterocycles. The molecule has 0 saturated carbocycles. The van der Waals surface area contributed by atoms with Crippen molar-refractivity contribution in [3.05, 3.63) is 76.9 Å². The van der Waals surface area contributed by atoms with Gasteiger partial charge < -0.3 is 4.74 Å². The highest BCUT2D eigenvalue weighted by Crippen LogP contribution is 2.15. The second-order valence-corrected chi connectivity index (χ2v) is 6.09. The molecular formula is C22H26O2. The van der Waals surface area contributed by atoms with Gasteiger partial charge >= 0.3 is 5.97 Å². The van der Waals surface area contributed by atoms with E-state index >= 15 is 0 Å². The molecule has 24 heavy (non-hydrogen) atoms. The van der Waals surface area contributed by atoms with Crippen LogP contribution in [0.15, 0.2) is 60.2 Å². The Morgan fingerprint density at radius 3 is 2.33 bits per heavy atom. The predicted molar refractivity (Wildman–Crippen MR) is 99.8 cm³/mol. The molecule has 0 bridgehead atoms. The molecule has 2 aromatic rings. The fourth-order valence-corrected chi connectivity index (χ4v) is 2.59. The Kier molecular flexibility index (Phi) is 7.28. The first kappa shape index (κ1) is 18.0. The van der Waals surface area contributed by atoms with E-state index in [9.17, 15) is 4.79 Å². The van der Waals surface area contributed by atoms with Crippen LogP contribution in [0.3, 0.4) is 0 Å². The van der Waals surface area contributed by atoms with Crippen molar-refractivity contribution in [2.75, 3.05) is 6.61 Å². The molecule has 126 valence electrons. The summed E-state index contributed by atoms with van der Waals surface area (Å²) in [6.45, 7) is 3.99. The molecule has 0 saturated heterocycles. The Balaban J connectivity index is 2.12. The number of esters is 1. The summed E-state index contributed by atoms with van der Waals surface area (Å²) in [5.74, 6) is -0.246. The van der Waals surface area contributed by atoms with Gasteiger partial charge in [-0.05, 0) is 41.5 Å². The number of carbonyl (C=O) groups excluding carboxylic acids is 1. The maximum Gasteiger partial charge on any atom is 0.302 e. The highest BCUT2D eigenvalue weighted by Gasteiger charge is 2.04. The van der Waals surface area contributed by atoms with Crippen molar-refractivity contribution >= 4 is 12.0 Å². The largest absolute Gasteiger partial charge is 0.461 e. The quantitative estimate of drug-likeness (QED) is 0.623. The third kappa shape index (κ3) is 6.41. The summed E-state index contributed by atoms with van der Waals surface area (Å²) in [4.78, 5) is 11.1. The number of hydrogen-bond donors (Lipinski definition) is 0. The van der Waals surface area contributed by atoms with E-state index in [1.165, 1.54) is 30.9 Å². The van der Waals surface area contributed by atoms with Crippen LogP contribution >= 0.6 is 0 Å². The van der Waals surface area contributed by atoms with Gasteiger partial charge in [0.1, 0.15) is 6.61 Å². The Bertz CT molecular complexity index is 654. The summed E-state index contributed by atoms with van der Waals surface area (Å²) < 4.78 is 5.22. The lowest BCUT2D eigenvalue weighted by Gasteiger charge is -2.09. The third-order valence-corrected chi connectivity index (χ3v) is 3.90. The number of carbonyl (C=O) groups is 1. The zero-order valence-electron chi connectivity index (χ0n) is 14.6. The van der Waals surface area contributed by atoms with Crippen LogP contribution < -0.4 is 0 Å². The van der Waals surface area contributed by atoms with Crippen molar-refractivity contribution in [1.82, 2.24) is 0 Å². The van der Waals surface area contributed by atoms with Crippen molar-refractivity contribution in [3.8, 4) is 0 Å². The highest BCUT2D eigenvalue weighted by atomic mass is 16.5. The Hall–Kier alpha value is -2.35. The van der Waals surface area contributed by atoms with Crippen LogP contribution in [-0.4, -0.2) is 12.6 Å². The number of unbranched alkanes of at least 4 members (excludes halogenated alkanes) is 1. The lowest BCUT2D eigenvalue weighted by Crippen LogP contribution is -2.05. The zero-order chi connectivity index (χ0) is 17.2. The molecule has 0 aliphatic rings. The first-order chi connectivity index (χ1) is 11.7. The van der Waals surface area contributed by atoms with Crippen molar-refractivity contribution < 1.29 is 9.53 Å². The van der Waals surface area contributed by atoms with E-state index in [1.807, 2.05) is 18.2 Å². The molecule has 0 unspecified atom stereocenters. The molecule has 0 atom stereocenters. The number of rotatable bonds is 8. The van der Waals surface area contributed by atoms with Crippen molar-refractivity contribution in [1.29, 1.82) is 0 Å². The molecule has 0 N–H and O–H groups in total. The molecule has 2 nitrogen and oxygen atoms in total. The highest BCUT2D eigenvalue weighted by molar-refractivity contribution is 5.66. The van der Waals surface area contributed by atoms with Crippen LogP contribution in [0.5, 0.6) is 0 Å². The van der Waals surface area contributed by atoms with Crippen molar-refractivity contribution in [2.24, 2.45) is 0 Å². The maximum atomic E-state index is 11.1. The fraction of sp³-hybridized carbons (Fsp3) is 0.318. The number of aryl methyl sites for hydroxylation is 1. The van der Waals surface area contributed by atoms with Gasteiger partial charge in [0.25, 0.3) is 0 Å². The van der Waals surface area contributed by atoms with Crippen LogP contribution in [0, 0.1) is 0 Å². The van der Waals surface area contributed by atoms with E-state index in [4.69, 9.17) is 4.74 Å². The molecule has 2 rings (SSSR count). The number of ether oxygens (including phenoxy) is 1. The van der Waals surface area contributed by atoms with Gasteiger partial charge in [0.15, 0.2) is 0 Å². The third-order valence-electron chi connectivity index (χ3n) is 3.90. The summed E-state index contributed by atoms with van der Waals surface area (Å²) in [6.07, 6.45) is 6.47. The van der Waals surface area contributed by atoms with Crippen molar-refractivity contribution in [3.63, 3.8) is 0 Å². The molecule has 2 heteroatoms. The van der Waals surface area contributed by atoms with Crippen LogP contribution in [0.2, 0.25) is 0 Å². The SMILES string of the molecule is CCCCc1ccc(C=C(COC(C)=O)Cc2ccccc2)cc1. The van der Waals surface area contributed by atoms with Gasteiger partial charge in [0, 0.05) is 6.92 Å². The molecule has 0 fully saturated rings. The minimum Gasteiger partial charge on any atom is -0.461 e. The van der Waals surface area contributed by atoms with Crippen LogP contribution in [0.4, 0.5) is 0 Å². The standard InChI is InChI=1S/C22H26O2/c1-3-4-8-19-11-13-21(14-12-19)16-22(17-24-18(2)23)15-20-9-6-5-7-10-20/h5-7,9-14,16H,3-4,8,15,17H2,1-2H3. The lowest BCUT2D eigenvalue weighted by molar-refractivity contribution is -0.139. The monoisotopic (exact) mass is 322 g/mol. The minimum absolute atomic E-state index is 0.246. The summed E-state index contributed by atoms with van der Waals surface area (Å²) >= 11 is 0. The second kappa shape index (κ2) is 9.71. The maximum absolute atomic E-state index is 11.1. The Morgan fingerprint density at radius 2 is 1.71 bits per heavy atom. The van der Waals surface area contributed by atoms with Gasteiger partial charge in [0.2, 0.25) is 0 Å². The number of hydrogen-bond acceptors (Lipinski definition) is 2. The van der Waals surface area contributed by atoms with Gasteiger partial charge in [0.05, 0.1) is 0 Å². The summed E-state index contributed by atoms with van der Waals surface area (Å²) in [6, 6.07) is 18.9. The molecule has 0 aliphatic carbocycles. The van der Waals surface area contributed by atoms with Crippen LogP contribution in [-0.2, 0) is 22.4 Å². The first-order valence-electron chi connectivity index (χ1n) is 8.63. The summed E-state index contributed by atoms with van der Waals surface area (Å²) in [5, 5.41) is 0. The average molecular weight is 322 g/mol. The van der Waals surface area contributed by atoms with Crippen molar-refractivity contribution in [2.45, 2.75) is 39.5 Å². The molecule has 0 amide bonds. The molecule has 0 heterocycles. The Morgan fingerprint density at radius 1 is 1.00 bits per heavy atom.